The van der Waals surface area contributed by atoms with Crippen LogP contribution in [-0.4, -0.2) is 37.1 Å². The van der Waals surface area contributed by atoms with Crippen LogP contribution in [0.1, 0.15) is 36.8 Å². The Hall–Kier alpha value is -3.33. The lowest BCUT2D eigenvalue weighted by molar-refractivity contribution is -0.137. The number of aromatic nitrogens is 1. The van der Waals surface area contributed by atoms with Crippen LogP contribution in [0.3, 0.4) is 0 Å². The molecule has 31 heavy (non-hydrogen) atoms. The molecule has 0 radical (unpaired) electrons. The van der Waals surface area contributed by atoms with Crippen molar-refractivity contribution in [1.29, 1.82) is 0 Å². The summed E-state index contributed by atoms with van der Waals surface area (Å²) < 4.78 is 34.0. The molecule has 0 bridgehead atoms. The number of hydrogen-bond donors (Lipinski definition) is 2. The van der Waals surface area contributed by atoms with E-state index in [0.717, 1.165) is 5.56 Å². The Labute approximate surface area is 180 Å². The fourth-order valence-electron chi connectivity index (χ4n) is 3.24. The maximum atomic E-state index is 12.9. The van der Waals surface area contributed by atoms with E-state index < -0.39 is 28.4 Å². The zero-order chi connectivity index (χ0) is 23.0. The Morgan fingerprint density at radius 3 is 2.26 bits per heavy atom. The van der Waals surface area contributed by atoms with E-state index in [0.29, 0.717) is 16.7 Å². The van der Waals surface area contributed by atoms with Gasteiger partial charge in [0.15, 0.2) is 0 Å². The highest BCUT2D eigenvalue weighted by Crippen LogP contribution is 2.26. The minimum Gasteiger partial charge on any atom is -0.497 e. The predicted molar refractivity (Wildman–Crippen MR) is 116 cm³/mol. The van der Waals surface area contributed by atoms with E-state index in [1.165, 1.54) is 29.9 Å². The van der Waals surface area contributed by atoms with Gasteiger partial charge < -0.3 is 14.4 Å². The van der Waals surface area contributed by atoms with Crippen molar-refractivity contribution in [3.8, 4) is 5.75 Å². The van der Waals surface area contributed by atoms with Gasteiger partial charge in [-0.05, 0) is 47.4 Å². The first-order valence-corrected chi connectivity index (χ1v) is 11.0. The lowest BCUT2D eigenvalue weighted by atomic mass is 9.87. The number of carbonyl (C=O) groups is 2. The first kappa shape index (κ1) is 22.4. The first-order chi connectivity index (χ1) is 14.4. The molecule has 0 unspecified atom stereocenters. The maximum absolute atomic E-state index is 12.9. The van der Waals surface area contributed by atoms with Gasteiger partial charge >= 0.3 is 5.97 Å². The Morgan fingerprint density at radius 2 is 1.71 bits per heavy atom. The molecule has 0 aliphatic carbocycles. The van der Waals surface area contributed by atoms with Crippen LogP contribution in [0.5, 0.6) is 5.75 Å². The number of carboxylic acid groups (broad SMARTS) is 1. The second-order valence-electron chi connectivity index (χ2n) is 8.14. The van der Waals surface area contributed by atoms with Crippen molar-refractivity contribution in [2.24, 2.45) is 0 Å². The van der Waals surface area contributed by atoms with E-state index in [9.17, 15) is 23.1 Å². The second kappa shape index (κ2) is 8.07. The summed E-state index contributed by atoms with van der Waals surface area (Å²) in [6, 6.07) is 12.6. The minimum atomic E-state index is -4.15. The van der Waals surface area contributed by atoms with Crippen LogP contribution < -0.4 is 9.46 Å². The highest BCUT2D eigenvalue weighted by atomic mass is 32.2. The summed E-state index contributed by atoms with van der Waals surface area (Å²) in [6.07, 6.45) is 0. The molecule has 0 atom stereocenters. The van der Waals surface area contributed by atoms with Crippen LogP contribution in [0.4, 0.5) is 0 Å². The third kappa shape index (κ3) is 4.72. The molecule has 0 saturated heterocycles. The molecule has 1 aromatic heterocycles. The number of nitrogens with one attached hydrogen (secondary N) is 1. The van der Waals surface area contributed by atoms with Gasteiger partial charge in [-0.1, -0.05) is 32.9 Å². The summed E-state index contributed by atoms with van der Waals surface area (Å²) in [5, 5.41) is 9.81. The van der Waals surface area contributed by atoms with Crippen molar-refractivity contribution < 1.29 is 27.9 Å². The van der Waals surface area contributed by atoms with Gasteiger partial charge in [0.1, 0.15) is 18.0 Å². The average molecular weight is 445 g/mol. The summed E-state index contributed by atoms with van der Waals surface area (Å²) in [6.45, 7) is 5.52. The van der Waals surface area contributed by atoms with E-state index >= 15 is 0 Å². The number of ether oxygens (including phenoxy) is 1. The maximum Gasteiger partial charge on any atom is 0.323 e. The van der Waals surface area contributed by atoms with Crippen molar-refractivity contribution in [2.45, 2.75) is 37.6 Å². The molecule has 1 heterocycles. The molecule has 0 aliphatic rings. The molecule has 3 aromatic rings. The van der Waals surface area contributed by atoms with E-state index in [1.54, 1.807) is 30.3 Å². The molecule has 2 N–H and O–H groups in total. The largest absolute Gasteiger partial charge is 0.497 e. The molecule has 0 aliphatic heterocycles. The van der Waals surface area contributed by atoms with Crippen molar-refractivity contribution in [3.63, 3.8) is 0 Å². The molecule has 9 heteroatoms. The number of carboxylic acids is 1. The van der Waals surface area contributed by atoms with E-state index in [-0.39, 0.29) is 16.0 Å². The van der Waals surface area contributed by atoms with Crippen molar-refractivity contribution in [2.75, 3.05) is 7.11 Å². The van der Waals surface area contributed by atoms with E-state index in [2.05, 4.69) is 0 Å². The van der Waals surface area contributed by atoms with Gasteiger partial charge in [0, 0.05) is 10.9 Å². The molecule has 3 rings (SSSR count). The molecular weight excluding hydrogens is 420 g/mol. The molecule has 164 valence electrons. The molecule has 1 amide bonds. The van der Waals surface area contributed by atoms with Gasteiger partial charge in [0.2, 0.25) is 0 Å². The summed E-state index contributed by atoms with van der Waals surface area (Å²) >= 11 is 0. The number of hydrogen-bond acceptors (Lipinski definition) is 5. The Morgan fingerprint density at radius 1 is 1.06 bits per heavy atom. The fraction of sp³-hybridized carbons (Fsp3) is 0.273. The van der Waals surface area contributed by atoms with E-state index in [4.69, 9.17) is 4.74 Å². The minimum absolute atomic E-state index is 0.0589. The number of aliphatic carboxylic acids is 1. The molecule has 8 nitrogen and oxygen atoms in total. The number of carbonyl (C=O) groups excluding carboxylic acids is 1. The Bertz CT molecular complexity index is 1250. The average Bonchev–Trinajstić information content (AvgIpc) is 3.04. The van der Waals surface area contributed by atoms with E-state index in [1.807, 2.05) is 25.5 Å². The molecule has 0 spiro atoms. The van der Waals surface area contributed by atoms with Gasteiger partial charge in [0.05, 0.1) is 12.0 Å². The van der Waals surface area contributed by atoms with Crippen LogP contribution in [0, 0.1) is 0 Å². The van der Waals surface area contributed by atoms with Gasteiger partial charge in [-0.25, -0.2) is 13.1 Å². The SMILES string of the molecule is COc1ccc2c(c1)cc(C(=O)NS(=O)(=O)c1ccc(C(C)(C)C)cc1)n2CC(=O)O. The highest BCUT2D eigenvalue weighted by Gasteiger charge is 2.24. The quantitative estimate of drug-likeness (QED) is 0.604. The smallest absolute Gasteiger partial charge is 0.323 e. The van der Waals surface area contributed by atoms with Crippen LogP contribution in [0.15, 0.2) is 53.4 Å². The Balaban J connectivity index is 1.97. The standard InChI is InChI=1S/C22H24N2O6S/c1-22(2,3)15-5-8-17(9-6-15)31(28,29)23-21(27)19-12-14-11-16(30-4)7-10-18(14)24(19)13-20(25)26/h5-12H,13H2,1-4H3,(H,23,27)(H,25,26). The highest BCUT2D eigenvalue weighted by molar-refractivity contribution is 7.90. The summed E-state index contributed by atoms with van der Waals surface area (Å²) in [5.41, 5.74) is 1.19. The van der Waals surface area contributed by atoms with Crippen molar-refractivity contribution >= 4 is 32.8 Å². The predicted octanol–water partition coefficient (Wildman–Crippen LogP) is 3.15. The number of nitrogens with zero attached hydrogens (tertiary/aromatic N) is 1. The third-order valence-corrected chi connectivity index (χ3v) is 6.24. The van der Waals surface area contributed by atoms with Gasteiger partial charge in [0.25, 0.3) is 15.9 Å². The van der Waals surface area contributed by atoms with Gasteiger partial charge in [-0.15, -0.1) is 0 Å². The Kier molecular flexibility index (Phi) is 5.82. The van der Waals surface area contributed by atoms with Crippen LogP contribution in [-0.2, 0) is 26.8 Å². The zero-order valence-corrected chi connectivity index (χ0v) is 18.5. The summed E-state index contributed by atoms with van der Waals surface area (Å²) in [4.78, 5) is 24.1. The topological polar surface area (TPSA) is 115 Å². The number of amides is 1. The van der Waals surface area contributed by atoms with Crippen LogP contribution in [0.2, 0.25) is 0 Å². The van der Waals surface area contributed by atoms with Gasteiger partial charge in [-0.2, -0.15) is 0 Å². The van der Waals surface area contributed by atoms with Crippen molar-refractivity contribution in [1.82, 2.24) is 9.29 Å². The number of sulfonamides is 1. The van der Waals surface area contributed by atoms with Crippen LogP contribution >= 0.6 is 0 Å². The van der Waals surface area contributed by atoms with Gasteiger partial charge in [-0.3, -0.25) is 9.59 Å². The molecule has 0 fully saturated rings. The molecular formula is C22H24N2O6S. The lowest BCUT2D eigenvalue weighted by Gasteiger charge is -2.19. The fourth-order valence-corrected chi connectivity index (χ4v) is 4.20. The normalized spacial score (nSPS) is 12.0. The molecule has 0 saturated carbocycles. The first-order valence-electron chi connectivity index (χ1n) is 9.49. The number of methoxy groups -OCH3 is 1. The number of benzene rings is 2. The third-order valence-electron chi connectivity index (χ3n) is 4.89. The van der Waals surface area contributed by atoms with Crippen LogP contribution in [0.25, 0.3) is 10.9 Å². The van der Waals surface area contributed by atoms with Crippen molar-refractivity contribution in [3.05, 3.63) is 59.8 Å². The zero-order valence-electron chi connectivity index (χ0n) is 17.7. The number of rotatable bonds is 6. The summed E-state index contributed by atoms with van der Waals surface area (Å²) in [5.74, 6) is -1.56. The molecule has 2 aromatic carbocycles. The lowest BCUT2D eigenvalue weighted by Crippen LogP contribution is -2.32. The number of fused-ring (bicyclic) bond motifs is 1. The summed E-state index contributed by atoms with van der Waals surface area (Å²) in [7, 11) is -2.66. The second-order valence-corrected chi connectivity index (χ2v) is 9.83. The monoisotopic (exact) mass is 444 g/mol.